The van der Waals surface area contributed by atoms with E-state index in [0.29, 0.717) is 18.7 Å². The standard InChI is InChI=1S/C18H24FN3O4/c1-26-12-16(23)22-10-2-3-14(11-22)18(25)21-9-8-20-17(24)13-4-6-15(19)7-5-13/h4-7,14H,2-3,8-12H2,1H3,(H,20,24)(H,21,25). The lowest BCUT2D eigenvalue weighted by Crippen LogP contribution is -2.47. The third-order valence-corrected chi connectivity index (χ3v) is 4.23. The van der Waals surface area contributed by atoms with Crippen molar-refractivity contribution in [2.45, 2.75) is 12.8 Å². The van der Waals surface area contributed by atoms with E-state index in [1.54, 1.807) is 4.90 Å². The number of nitrogens with one attached hydrogen (secondary N) is 2. The van der Waals surface area contributed by atoms with Gasteiger partial charge >= 0.3 is 0 Å². The number of methoxy groups -OCH3 is 1. The van der Waals surface area contributed by atoms with Crippen LogP contribution in [0.2, 0.25) is 0 Å². The summed E-state index contributed by atoms with van der Waals surface area (Å²) in [5.74, 6) is -1.22. The molecule has 1 atom stereocenters. The van der Waals surface area contributed by atoms with E-state index in [1.165, 1.54) is 31.4 Å². The molecule has 0 spiro atoms. The number of likely N-dealkylation sites (tertiary alicyclic amines) is 1. The van der Waals surface area contributed by atoms with Crippen molar-refractivity contribution >= 4 is 17.7 Å². The van der Waals surface area contributed by atoms with Crippen LogP contribution in [0, 0.1) is 11.7 Å². The van der Waals surface area contributed by atoms with Gasteiger partial charge in [-0.25, -0.2) is 4.39 Å². The molecular weight excluding hydrogens is 341 g/mol. The SMILES string of the molecule is COCC(=O)N1CCCC(C(=O)NCCNC(=O)c2ccc(F)cc2)C1. The van der Waals surface area contributed by atoms with Gasteiger partial charge in [-0.2, -0.15) is 0 Å². The van der Waals surface area contributed by atoms with E-state index in [4.69, 9.17) is 4.74 Å². The Balaban J connectivity index is 1.70. The van der Waals surface area contributed by atoms with Gasteiger partial charge in [-0.3, -0.25) is 14.4 Å². The maximum absolute atomic E-state index is 12.8. The highest BCUT2D eigenvalue weighted by Crippen LogP contribution is 2.16. The first kappa shape index (κ1) is 19.8. The van der Waals surface area contributed by atoms with Gasteiger partial charge in [0.2, 0.25) is 11.8 Å². The minimum Gasteiger partial charge on any atom is -0.375 e. The van der Waals surface area contributed by atoms with Crippen LogP contribution in [0.1, 0.15) is 23.2 Å². The summed E-state index contributed by atoms with van der Waals surface area (Å²) in [7, 11) is 1.46. The molecule has 0 saturated carbocycles. The number of benzene rings is 1. The molecule has 0 bridgehead atoms. The molecule has 1 fully saturated rings. The highest BCUT2D eigenvalue weighted by molar-refractivity contribution is 5.94. The minimum atomic E-state index is -0.403. The Morgan fingerprint density at radius 2 is 1.88 bits per heavy atom. The summed E-state index contributed by atoms with van der Waals surface area (Å²) < 4.78 is 17.7. The van der Waals surface area contributed by atoms with Gasteiger partial charge < -0.3 is 20.3 Å². The second kappa shape index (κ2) is 9.86. The molecular formula is C18H24FN3O4. The maximum atomic E-state index is 12.8. The average Bonchev–Trinajstić information content (AvgIpc) is 2.65. The van der Waals surface area contributed by atoms with Crippen LogP contribution in [0.25, 0.3) is 0 Å². The molecule has 1 aromatic carbocycles. The van der Waals surface area contributed by atoms with Crippen LogP contribution in [0.3, 0.4) is 0 Å². The topological polar surface area (TPSA) is 87.7 Å². The second-order valence-electron chi connectivity index (χ2n) is 6.17. The predicted octanol–water partition coefficient (Wildman–Crippen LogP) is 0.557. The number of hydrogen-bond donors (Lipinski definition) is 2. The van der Waals surface area contributed by atoms with Crippen molar-refractivity contribution in [3.63, 3.8) is 0 Å². The van der Waals surface area contributed by atoms with Crippen LogP contribution < -0.4 is 10.6 Å². The Morgan fingerprint density at radius 1 is 1.19 bits per heavy atom. The van der Waals surface area contributed by atoms with E-state index in [-0.39, 0.29) is 43.3 Å². The summed E-state index contributed by atoms with van der Waals surface area (Å²) in [6, 6.07) is 5.24. The zero-order valence-corrected chi connectivity index (χ0v) is 14.8. The quantitative estimate of drug-likeness (QED) is 0.691. The lowest BCUT2D eigenvalue weighted by Gasteiger charge is -2.31. The molecule has 26 heavy (non-hydrogen) atoms. The molecule has 1 aromatic rings. The number of piperidine rings is 1. The Kier molecular flexibility index (Phi) is 7.53. The summed E-state index contributed by atoms with van der Waals surface area (Å²) in [4.78, 5) is 37.6. The van der Waals surface area contributed by atoms with Gasteiger partial charge in [-0.15, -0.1) is 0 Å². The Morgan fingerprint density at radius 3 is 2.58 bits per heavy atom. The van der Waals surface area contributed by atoms with E-state index in [2.05, 4.69) is 10.6 Å². The number of rotatable bonds is 7. The van der Waals surface area contributed by atoms with Crippen LogP contribution in [0.15, 0.2) is 24.3 Å². The molecule has 0 aromatic heterocycles. The molecule has 1 heterocycles. The van der Waals surface area contributed by atoms with Gasteiger partial charge in [0.1, 0.15) is 12.4 Å². The summed E-state index contributed by atoms with van der Waals surface area (Å²) >= 11 is 0. The molecule has 0 radical (unpaired) electrons. The zero-order chi connectivity index (χ0) is 18.9. The van der Waals surface area contributed by atoms with Gasteiger partial charge in [0.25, 0.3) is 5.91 Å². The molecule has 1 aliphatic heterocycles. The summed E-state index contributed by atoms with van der Waals surface area (Å²) in [6.45, 7) is 1.59. The molecule has 1 unspecified atom stereocenters. The fourth-order valence-corrected chi connectivity index (χ4v) is 2.84. The predicted molar refractivity (Wildman–Crippen MR) is 92.9 cm³/mol. The van der Waals surface area contributed by atoms with Crippen molar-refractivity contribution in [3.8, 4) is 0 Å². The molecule has 1 saturated heterocycles. The number of amides is 3. The third-order valence-electron chi connectivity index (χ3n) is 4.23. The van der Waals surface area contributed by atoms with E-state index < -0.39 is 5.82 Å². The van der Waals surface area contributed by atoms with Crippen molar-refractivity contribution in [1.29, 1.82) is 0 Å². The highest BCUT2D eigenvalue weighted by Gasteiger charge is 2.27. The molecule has 142 valence electrons. The van der Waals surface area contributed by atoms with Crippen LogP contribution in [0.5, 0.6) is 0 Å². The average molecular weight is 365 g/mol. The monoisotopic (exact) mass is 365 g/mol. The molecule has 0 aliphatic carbocycles. The first-order valence-corrected chi connectivity index (χ1v) is 8.59. The third kappa shape index (κ3) is 5.80. The molecule has 3 amide bonds. The zero-order valence-electron chi connectivity index (χ0n) is 14.8. The Bertz CT molecular complexity index is 636. The van der Waals surface area contributed by atoms with Crippen LogP contribution in [-0.2, 0) is 14.3 Å². The van der Waals surface area contributed by atoms with Crippen LogP contribution >= 0.6 is 0 Å². The summed E-state index contributed by atoms with van der Waals surface area (Å²) in [6.07, 6.45) is 1.50. The molecule has 1 aliphatic rings. The number of nitrogens with zero attached hydrogens (tertiary/aromatic N) is 1. The minimum absolute atomic E-state index is 0.0176. The van der Waals surface area contributed by atoms with E-state index in [1.807, 2.05) is 0 Å². The lowest BCUT2D eigenvalue weighted by molar-refractivity contribution is -0.138. The number of halogens is 1. The summed E-state index contributed by atoms with van der Waals surface area (Å²) in [5.41, 5.74) is 0.359. The molecule has 7 nitrogen and oxygen atoms in total. The Labute approximate surface area is 151 Å². The highest BCUT2D eigenvalue weighted by atomic mass is 19.1. The van der Waals surface area contributed by atoms with E-state index >= 15 is 0 Å². The van der Waals surface area contributed by atoms with Crippen molar-refractivity contribution in [1.82, 2.24) is 15.5 Å². The van der Waals surface area contributed by atoms with Gasteiger partial charge in [-0.1, -0.05) is 0 Å². The van der Waals surface area contributed by atoms with Gasteiger partial charge in [-0.05, 0) is 37.1 Å². The van der Waals surface area contributed by atoms with Crippen molar-refractivity contribution in [2.24, 2.45) is 5.92 Å². The molecule has 2 rings (SSSR count). The number of carbonyl (C=O) groups is 3. The van der Waals surface area contributed by atoms with Crippen LogP contribution in [0.4, 0.5) is 4.39 Å². The Hall–Kier alpha value is -2.48. The van der Waals surface area contributed by atoms with Gasteiger partial charge in [0.05, 0.1) is 5.92 Å². The molecule has 2 N–H and O–H groups in total. The number of carbonyl (C=O) groups excluding carboxylic acids is 3. The number of ether oxygens (including phenoxy) is 1. The van der Waals surface area contributed by atoms with Crippen molar-refractivity contribution < 1.29 is 23.5 Å². The number of hydrogen-bond acceptors (Lipinski definition) is 4. The van der Waals surface area contributed by atoms with Crippen molar-refractivity contribution in [2.75, 3.05) is 39.9 Å². The van der Waals surface area contributed by atoms with E-state index in [9.17, 15) is 18.8 Å². The first-order chi connectivity index (χ1) is 12.5. The summed E-state index contributed by atoms with van der Waals surface area (Å²) in [5, 5.41) is 5.44. The largest absolute Gasteiger partial charge is 0.375 e. The first-order valence-electron chi connectivity index (χ1n) is 8.59. The van der Waals surface area contributed by atoms with Gasteiger partial charge in [0, 0.05) is 38.9 Å². The fourth-order valence-electron chi connectivity index (χ4n) is 2.84. The van der Waals surface area contributed by atoms with E-state index in [0.717, 1.165) is 12.8 Å². The molecule has 8 heteroatoms. The lowest BCUT2D eigenvalue weighted by atomic mass is 9.97. The van der Waals surface area contributed by atoms with Gasteiger partial charge in [0.15, 0.2) is 0 Å². The smallest absolute Gasteiger partial charge is 0.251 e. The maximum Gasteiger partial charge on any atom is 0.251 e. The normalized spacial score (nSPS) is 16.8. The second-order valence-corrected chi connectivity index (χ2v) is 6.17. The van der Waals surface area contributed by atoms with Crippen LogP contribution in [-0.4, -0.2) is 62.5 Å². The van der Waals surface area contributed by atoms with Crippen molar-refractivity contribution in [3.05, 3.63) is 35.6 Å². The fraction of sp³-hybridized carbons (Fsp3) is 0.500.